The summed E-state index contributed by atoms with van der Waals surface area (Å²) in [6.07, 6.45) is -2.27. The first kappa shape index (κ1) is 37.8. The molecule has 11 nitrogen and oxygen atoms in total. The van der Waals surface area contributed by atoms with Gasteiger partial charge in [0.1, 0.15) is 5.82 Å². The number of hydrogen-bond donors (Lipinski definition) is 5. The average Bonchev–Trinajstić information content (AvgIpc) is 3.75. The maximum atomic E-state index is 14.4. The van der Waals surface area contributed by atoms with Crippen LogP contribution in [0.2, 0.25) is 5.02 Å². The van der Waals surface area contributed by atoms with E-state index < -0.39 is 29.7 Å². The van der Waals surface area contributed by atoms with Gasteiger partial charge >= 0.3 is 6.18 Å². The van der Waals surface area contributed by atoms with Crippen molar-refractivity contribution in [1.29, 1.82) is 0 Å². The number of amides is 2. The molecule has 1 fully saturated rings. The number of benzene rings is 2. The molecule has 0 spiro atoms. The van der Waals surface area contributed by atoms with Gasteiger partial charge in [-0.1, -0.05) is 54.1 Å². The number of rotatable bonds is 14. The Balaban J connectivity index is 1.25. The summed E-state index contributed by atoms with van der Waals surface area (Å²) in [6.45, 7) is 2.56. The van der Waals surface area contributed by atoms with E-state index in [1.165, 1.54) is 14.0 Å². The Morgan fingerprint density at radius 2 is 1.70 bits per heavy atom. The number of halogens is 4. The zero-order valence-corrected chi connectivity index (χ0v) is 30.3. The minimum absolute atomic E-state index is 0.00570. The number of nitrogens with two attached hydrogens (primary N) is 1. The predicted molar refractivity (Wildman–Crippen MR) is 196 cm³/mol. The summed E-state index contributed by atoms with van der Waals surface area (Å²) in [5.74, 6) is -0.474. The molecule has 53 heavy (non-hydrogen) atoms. The Morgan fingerprint density at radius 1 is 0.981 bits per heavy atom. The monoisotopic (exact) mass is 751 g/mol. The van der Waals surface area contributed by atoms with Gasteiger partial charge in [-0.25, -0.2) is 4.98 Å². The maximum absolute atomic E-state index is 14.4. The molecule has 4 aromatic rings. The van der Waals surface area contributed by atoms with Crippen LogP contribution < -0.4 is 36.5 Å². The van der Waals surface area contributed by atoms with Gasteiger partial charge in [0.05, 0.1) is 42.6 Å². The average molecular weight is 752 g/mol. The van der Waals surface area contributed by atoms with Gasteiger partial charge in [0, 0.05) is 54.4 Å². The smallest absolute Gasteiger partial charge is 0.419 e. The fraction of sp³-hybridized carbons (Fsp3) is 0.368. The van der Waals surface area contributed by atoms with Gasteiger partial charge in [-0.15, -0.1) is 0 Å². The lowest BCUT2D eigenvalue weighted by molar-refractivity contribution is -0.137. The van der Waals surface area contributed by atoms with E-state index >= 15 is 0 Å². The molecule has 0 bridgehead atoms. The summed E-state index contributed by atoms with van der Waals surface area (Å²) in [6, 6.07) is 15.1. The van der Waals surface area contributed by atoms with Crippen molar-refractivity contribution in [2.45, 2.75) is 70.0 Å². The van der Waals surface area contributed by atoms with Crippen LogP contribution in [0.15, 0.2) is 54.6 Å². The number of carbonyl (C=O) groups is 2. The minimum Gasteiger partial charge on any atom is -0.481 e. The lowest BCUT2D eigenvalue weighted by Gasteiger charge is -2.22. The third-order valence-corrected chi connectivity index (χ3v) is 10.1. The molecule has 1 aliphatic carbocycles. The van der Waals surface area contributed by atoms with Crippen molar-refractivity contribution in [2.24, 2.45) is 5.73 Å². The van der Waals surface area contributed by atoms with Crippen molar-refractivity contribution in [3.05, 3.63) is 87.4 Å². The lowest BCUT2D eigenvalue weighted by atomic mass is 9.94. The van der Waals surface area contributed by atoms with Crippen LogP contribution in [0.5, 0.6) is 11.8 Å². The minimum atomic E-state index is -4.72. The highest BCUT2D eigenvalue weighted by atomic mass is 35.5. The van der Waals surface area contributed by atoms with Crippen LogP contribution >= 0.6 is 11.6 Å². The molecule has 0 unspecified atom stereocenters. The first-order valence-electron chi connectivity index (χ1n) is 17.3. The topological polar surface area (TPSA) is 153 Å². The normalized spacial score (nSPS) is 17.3. The number of primary amides is 1. The fourth-order valence-corrected chi connectivity index (χ4v) is 7.16. The number of pyridine rings is 2. The Kier molecular flexibility index (Phi) is 11.4. The van der Waals surface area contributed by atoms with Crippen molar-refractivity contribution < 1.29 is 32.2 Å². The van der Waals surface area contributed by atoms with E-state index in [1.807, 2.05) is 48.5 Å². The van der Waals surface area contributed by atoms with Crippen molar-refractivity contribution >= 4 is 29.2 Å². The highest BCUT2D eigenvalue weighted by molar-refractivity contribution is 6.36. The maximum Gasteiger partial charge on any atom is 0.419 e. The van der Waals surface area contributed by atoms with E-state index in [0.717, 1.165) is 40.3 Å². The molecule has 2 amide bonds. The zero-order valence-electron chi connectivity index (χ0n) is 29.5. The molecule has 280 valence electrons. The number of alkyl halides is 3. The van der Waals surface area contributed by atoms with Gasteiger partial charge in [0.2, 0.25) is 23.6 Å². The molecule has 1 aliphatic heterocycles. The fourth-order valence-electron chi connectivity index (χ4n) is 6.83. The van der Waals surface area contributed by atoms with E-state index in [1.54, 1.807) is 7.11 Å². The van der Waals surface area contributed by atoms with Gasteiger partial charge < -0.3 is 36.5 Å². The Morgan fingerprint density at radius 3 is 2.40 bits per heavy atom. The standard InChI is InChI=1S/C38H41ClF3N7O4/c1-20(34(43)51)45-18-22-16-29(38(40,41)42)35(49-37(22)53-3)47-30-14-12-25-24(6-4-7-26(25)30)27-8-5-9-28(33(27)39)31-13-10-21(36(48-31)52-2)17-44-19-23-11-15-32(50)46-23/h4-10,13,16,20,23,30,44-45H,11-12,14-15,17-19H2,1-3H3,(H2,43,51)(H,46,50)(H,47,49)/t20-,23-,30-/m0/s1. The number of hydrogen-bond acceptors (Lipinski definition) is 9. The quantitative estimate of drug-likeness (QED) is 0.106. The Labute approximate surface area is 310 Å². The molecule has 15 heteroatoms. The molecular weight excluding hydrogens is 711 g/mol. The van der Waals surface area contributed by atoms with Gasteiger partial charge in [0.15, 0.2) is 0 Å². The van der Waals surface area contributed by atoms with Crippen LogP contribution in [0.25, 0.3) is 22.4 Å². The number of carbonyl (C=O) groups excluding carboxylic acids is 2. The largest absolute Gasteiger partial charge is 0.481 e. The molecule has 6 N–H and O–H groups in total. The van der Waals surface area contributed by atoms with E-state index in [4.69, 9.17) is 31.8 Å². The highest BCUT2D eigenvalue weighted by Gasteiger charge is 2.37. The number of fused-ring (bicyclic) bond motifs is 1. The molecule has 0 saturated carbocycles. The molecule has 2 aromatic carbocycles. The number of anilines is 1. The third kappa shape index (κ3) is 8.34. The number of nitrogens with zero attached hydrogens (tertiary/aromatic N) is 2. The second-order valence-electron chi connectivity index (χ2n) is 13.1. The summed E-state index contributed by atoms with van der Waals surface area (Å²) in [5, 5.41) is 12.7. The Bertz CT molecular complexity index is 2010. The first-order valence-corrected chi connectivity index (χ1v) is 17.6. The highest BCUT2D eigenvalue weighted by Crippen LogP contribution is 2.45. The second kappa shape index (κ2) is 16.0. The van der Waals surface area contributed by atoms with Crippen molar-refractivity contribution in [3.63, 3.8) is 0 Å². The van der Waals surface area contributed by atoms with Crippen LogP contribution in [0.3, 0.4) is 0 Å². The van der Waals surface area contributed by atoms with Crippen LogP contribution in [0, 0.1) is 0 Å². The van der Waals surface area contributed by atoms with Gasteiger partial charge in [0.25, 0.3) is 0 Å². The van der Waals surface area contributed by atoms with E-state index in [-0.39, 0.29) is 35.8 Å². The summed E-state index contributed by atoms with van der Waals surface area (Å²) in [5.41, 5.74) is 10.1. The number of ether oxygens (including phenoxy) is 2. The summed E-state index contributed by atoms with van der Waals surface area (Å²) in [4.78, 5) is 32.0. The third-order valence-electron chi connectivity index (χ3n) is 9.66. The molecular formula is C38H41ClF3N7O4. The van der Waals surface area contributed by atoms with E-state index in [9.17, 15) is 22.8 Å². The molecule has 2 aliphatic rings. The van der Waals surface area contributed by atoms with Crippen molar-refractivity contribution in [2.75, 3.05) is 26.1 Å². The van der Waals surface area contributed by atoms with E-state index in [0.29, 0.717) is 54.5 Å². The van der Waals surface area contributed by atoms with Gasteiger partial charge in [-0.2, -0.15) is 18.2 Å². The van der Waals surface area contributed by atoms with Gasteiger partial charge in [-0.3, -0.25) is 9.59 Å². The molecule has 1 saturated heterocycles. The summed E-state index contributed by atoms with van der Waals surface area (Å²) >= 11 is 7.11. The molecule has 6 rings (SSSR count). The number of aromatic nitrogens is 2. The van der Waals surface area contributed by atoms with Crippen LogP contribution in [-0.2, 0) is 35.3 Å². The van der Waals surface area contributed by atoms with Crippen molar-refractivity contribution in [3.8, 4) is 34.1 Å². The first-order chi connectivity index (χ1) is 25.4. The van der Waals surface area contributed by atoms with Crippen LogP contribution in [-0.4, -0.2) is 54.6 Å². The van der Waals surface area contributed by atoms with E-state index in [2.05, 4.69) is 26.3 Å². The number of methoxy groups -OCH3 is 2. The molecule has 3 atom stereocenters. The second-order valence-corrected chi connectivity index (χ2v) is 13.5. The summed E-state index contributed by atoms with van der Waals surface area (Å²) < 4.78 is 54.2. The predicted octanol–water partition coefficient (Wildman–Crippen LogP) is 5.93. The molecule has 3 heterocycles. The van der Waals surface area contributed by atoms with Crippen LogP contribution in [0.4, 0.5) is 19.0 Å². The Hall–Kier alpha value is -4.92. The van der Waals surface area contributed by atoms with Crippen molar-refractivity contribution in [1.82, 2.24) is 25.9 Å². The molecule has 2 aromatic heterocycles. The number of nitrogens with one attached hydrogen (secondary N) is 4. The molecule has 0 radical (unpaired) electrons. The zero-order chi connectivity index (χ0) is 37.9. The van der Waals surface area contributed by atoms with Crippen LogP contribution in [0.1, 0.15) is 60.0 Å². The van der Waals surface area contributed by atoms with Gasteiger partial charge in [-0.05, 0) is 55.0 Å². The summed E-state index contributed by atoms with van der Waals surface area (Å²) in [7, 11) is 2.89. The SMILES string of the molecule is COc1nc(-c2cccc(-c3cccc4c3CC[C@@H]4Nc3nc(OC)c(CN[C@@H](C)C(N)=O)cc3C(F)(F)F)c2Cl)ccc1CNC[C@@H]1CCC(=O)N1. The lowest BCUT2D eigenvalue weighted by Crippen LogP contribution is -2.38.